The number of hydrogen-bond acceptors (Lipinski definition) is 7. The Kier molecular flexibility index (Phi) is 6.27. The SMILES string of the molecule is CCOC(=O)c1cnn2c(-c3cccc(NC(=O)c4cc(-c5cn(C)nc5C)nc5ccccc45)c3)ccnc12. The van der Waals surface area contributed by atoms with Gasteiger partial charge in [0.2, 0.25) is 0 Å². The molecule has 1 amide bonds. The van der Waals surface area contributed by atoms with Crippen molar-refractivity contribution in [1.82, 2.24) is 29.4 Å². The number of aryl methyl sites for hydroxylation is 2. The zero-order valence-corrected chi connectivity index (χ0v) is 22.1. The number of pyridine rings is 1. The topological polar surface area (TPSA) is 116 Å². The molecule has 40 heavy (non-hydrogen) atoms. The lowest BCUT2D eigenvalue weighted by molar-refractivity contribution is 0.0528. The first-order chi connectivity index (χ1) is 19.4. The third kappa shape index (κ3) is 4.45. The number of anilines is 1. The average molecular weight is 532 g/mol. The Morgan fingerprint density at radius 1 is 1.02 bits per heavy atom. The van der Waals surface area contributed by atoms with Crippen LogP contribution in [0.2, 0.25) is 0 Å². The van der Waals surface area contributed by atoms with Crippen LogP contribution in [0.5, 0.6) is 0 Å². The van der Waals surface area contributed by atoms with E-state index in [1.807, 2.05) is 68.7 Å². The number of rotatable bonds is 6. The number of hydrogen-bond donors (Lipinski definition) is 1. The van der Waals surface area contributed by atoms with Crippen LogP contribution in [0.15, 0.2) is 79.3 Å². The van der Waals surface area contributed by atoms with Crippen LogP contribution in [-0.2, 0) is 11.8 Å². The van der Waals surface area contributed by atoms with Crippen LogP contribution in [0.25, 0.3) is 39.1 Å². The van der Waals surface area contributed by atoms with Gasteiger partial charge in [0.25, 0.3) is 5.91 Å². The lowest BCUT2D eigenvalue weighted by Gasteiger charge is -2.12. The molecule has 0 aliphatic rings. The number of nitrogens with one attached hydrogen (secondary N) is 1. The minimum absolute atomic E-state index is 0.258. The molecule has 0 spiro atoms. The molecule has 0 aliphatic carbocycles. The minimum Gasteiger partial charge on any atom is -0.462 e. The number of carbonyl (C=O) groups excluding carboxylic acids is 2. The lowest BCUT2D eigenvalue weighted by Crippen LogP contribution is -2.13. The van der Waals surface area contributed by atoms with Crippen molar-refractivity contribution in [3.05, 3.63) is 96.1 Å². The van der Waals surface area contributed by atoms with Crippen LogP contribution in [0.1, 0.15) is 33.3 Å². The van der Waals surface area contributed by atoms with Gasteiger partial charge < -0.3 is 10.1 Å². The van der Waals surface area contributed by atoms with Gasteiger partial charge in [-0.25, -0.2) is 19.3 Å². The maximum Gasteiger partial charge on any atom is 0.343 e. The van der Waals surface area contributed by atoms with Crippen LogP contribution in [0.3, 0.4) is 0 Å². The fourth-order valence-electron chi connectivity index (χ4n) is 4.77. The highest BCUT2D eigenvalue weighted by atomic mass is 16.5. The summed E-state index contributed by atoms with van der Waals surface area (Å²) in [5.74, 6) is -0.740. The third-order valence-corrected chi connectivity index (χ3v) is 6.56. The van der Waals surface area contributed by atoms with Crippen LogP contribution >= 0.6 is 0 Å². The van der Waals surface area contributed by atoms with E-state index in [4.69, 9.17) is 9.72 Å². The molecule has 198 valence electrons. The fourth-order valence-corrected chi connectivity index (χ4v) is 4.77. The number of amides is 1. The van der Waals surface area contributed by atoms with E-state index in [1.54, 1.807) is 34.5 Å². The second-order valence-corrected chi connectivity index (χ2v) is 9.25. The largest absolute Gasteiger partial charge is 0.462 e. The van der Waals surface area contributed by atoms with E-state index in [9.17, 15) is 9.59 Å². The maximum absolute atomic E-state index is 13.7. The number of nitrogens with zero attached hydrogens (tertiary/aromatic N) is 6. The second kappa shape index (κ2) is 10.1. The standard InChI is InChI=1S/C30H25N7O3/c1-4-40-30(39)23-16-32-37-27(12-13-31-28(23)37)19-8-7-9-20(14-19)33-29(38)22-15-26(24-17-36(3)35-18(24)2)34-25-11-6-5-10-21(22)25/h5-17H,4H2,1-3H3,(H,33,38). The Morgan fingerprint density at radius 3 is 2.67 bits per heavy atom. The highest BCUT2D eigenvalue weighted by Crippen LogP contribution is 2.28. The molecule has 0 fully saturated rings. The normalized spacial score (nSPS) is 11.2. The van der Waals surface area contributed by atoms with Crippen molar-refractivity contribution in [3.8, 4) is 22.5 Å². The van der Waals surface area contributed by atoms with Gasteiger partial charge in [-0.3, -0.25) is 9.48 Å². The highest BCUT2D eigenvalue weighted by Gasteiger charge is 2.19. The van der Waals surface area contributed by atoms with E-state index in [-0.39, 0.29) is 18.1 Å². The van der Waals surface area contributed by atoms with E-state index in [0.717, 1.165) is 27.7 Å². The number of aromatic nitrogens is 6. The van der Waals surface area contributed by atoms with Gasteiger partial charge in [-0.1, -0.05) is 30.3 Å². The van der Waals surface area contributed by atoms with Crippen molar-refractivity contribution in [2.45, 2.75) is 13.8 Å². The quantitative estimate of drug-likeness (QED) is 0.298. The summed E-state index contributed by atoms with van der Waals surface area (Å²) < 4.78 is 8.45. The van der Waals surface area contributed by atoms with E-state index in [0.29, 0.717) is 28.3 Å². The van der Waals surface area contributed by atoms with Crippen molar-refractivity contribution in [2.75, 3.05) is 11.9 Å². The molecular weight excluding hydrogens is 506 g/mol. The van der Waals surface area contributed by atoms with Gasteiger partial charge in [-0.15, -0.1) is 0 Å². The zero-order valence-electron chi connectivity index (χ0n) is 22.1. The summed E-state index contributed by atoms with van der Waals surface area (Å²) in [7, 11) is 1.86. The first-order valence-electron chi connectivity index (χ1n) is 12.7. The van der Waals surface area contributed by atoms with Crippen LogP contribution < -0.4 is 5.32 Å². The predicted octanol–water partition coefficient (Wildman–Crippen LogP) is 5.08. The fraction of sp³-hybridized carbons (Fsp3) is 0.133. The molecule has 6 rings (SSSR count). The minimum atomic E-state index is -0.478. The first kappa shape index (κ1) is 24.9. The molecule has 6 aromatic rings. The molecule has 0 bridgehead atoms. The number of esters is 1. The van der Waals surface area contributed by atoms with Gasteiger partial charge in [0.1, 0.15) is 5.56 Å². The Bertz CT molecular complexity index is 1920. The lowest BCUT2D eigenvalue weighted by atomic mass is 10.0. The van der Waals surface area contributed by atoms with Gasteiger partial charge in [-0.2, -0.15) is 10.2 Å². The molecule has 0 saturated heterocycles. The molecular formula is C30H25N7O3. The highest BCUT2D eigenvalue weighted by molar-refractivity contribution is 6.13. The molecule has 0 unspecified atom stereocenters. The molecule has 0 radical (unpaired) electrons. The monoisotopic (exact) mass is 531 g/mol. The zero-order chi connectivity index (χ0) is 27.8. The molecule has 0 saturated carbocycles. The van der Waals surface area contributed by atoms with Crippen LogP contribution in [-0.4, -0.2) is 47.8 Å². The van der Waals surface area contributed by atoms with Gasteiger partial charge >= 0.3 is 5.97 Å². The molecule has 4 heterocycles. The van der Waals surface area contributed by atoms with E-state index in [1.165, 1.54) is 6.20 Å². The summed E-state index contributed by atoms with van der Waals surface area (Å²) in [4.78, 5) is 35.1. The Morgan fingerprint density at radius 2 is 1.88 bits per heavy atom. The van der Waals surface area contributed by atoms with Gasteiger partial charge in [0.15, 0.2) is 5.65 Å². The van der Waals surface area contributed by atoms with Gasteiger partial charge in [0, 0.05) is 41.6 Å². The molecule has 0 atom stereocenters. The van der Waals surface area contributed by atoms with Crippen molar-refractivity contribution in [3.63, 3.8) is 0 Å². The van der Waals surface area contributed by atoms with Gasteiger partial charge in [-0.05, 0) is 44.2 Å². The molecule has 4 aromatic heterocycles. The molecule has 0 aliphatic heterocycles. The first-order valence-corrected chi connectivity index (χ1v) is 12.7. The second-order valence-electron chi connectivity index (χ2n) is 9.25. The number of para-hydroxylation sites is 1. The Hall–Kier alpha value is -5.38. The number of benzene rings is 2. The average Bonchev–Trinajstić information content (AvgIpc) is 3.55. The number of fused-ring (bicyclic) bond motifs is 2. The smallest absolute Gasteiger partial charge is 0.343 e. The number of carbonyl (C=O) groups is 2. The van der Waals surface area contributed by atoms with Crippen molar-refractivity contribution >= 4 is 34.1 Å². The Balaban J connectivity index is 1.36. The summed E-state index contributed by atoms with van der Waals surface area (Å²) >= 11 is 0. The Labute approximate surface area is 229 Å². The van der Waals surface area contributed by atoms with Crippen molar-refractivity contribution in [2.24, 2.45) is 7.05 Å². The summed E-state index contributed by atoms with van der Waals surface area (Å²) in [6.07, 6.45) is 4.96. The van der Waals surface area contributed by atoms with E-state index < -0.39 is 5.97 Å². The molecule has 2 aromatic carbocycles. The summed E-state index contributed by atoms with van der Waals surface area (Å²) in [5.41, 5.74) is 6.39. The van der Waals surface area contributed by atoms with Gasteiger partial charge in [0.05, 0.1) is 41.0 Å². The summed E-state index contributed by atoms with van der Waals surface area (Å²) in [5, 5.41) is 12.6. The molecule has 10 nitrogen and oxygen atoms in total. The number of ether oxygens (including phenoxy) is 1. The van der Waals surface area contributed by atoms with E-state index >= 15 is 0 Å². The van der Waals surface area contributed by atoms with Crippen LogP contribution in [0.4, 0.5) is 5.69 Å². The van der Waals surface area contributed by atoms with E-state index in [2.05, 4.69) is 20.5 Å². The third-order valence-electron chi connectivity index (χ3n) is 6.56. The molecule has 1 N–H and O–H groups in total. The van der Waals surface area contributed by atoms with Crippen molar-refractivity contribution in [1.29, 1.82) is 0 Å². The maximum atomic E-state index is 13.7. The van der Waals surface area contributed by atoms with Crippen molar-refractivity contribution < 1.29 is 14.3 Å². The van der Waals surface area contributed by atoms with Crippen LogP contribution in [0, 0.1) is 6.92 Å². The predicted molar refractivity (Wildman–Crippen MR) is 151 cm³/mol. The molecule has 10 heteroatoms. The summed E-state index contributed by atoms with van der Waals surface area (Å²) in [6, 6.07) is 18.6. The summed E-state index contributed by atoms with van der Waals surface area (Å²) in [6.45, 7) is 3.92.